The zero-order chi connectivity index (χ0) is 31.7. The molecular formula is C38H36N2O5S. The summed E-state index contributed by atoms with van der Waals surface area (Å²) in [5.74, 6) is 2.25. The van der Waals surface area contributed by atoms with E-state index in [1.165, 1.54) is 4.90 Å². The average molecular weight is 633 g/mol. The van der Waals surface area contributed by atoms with Crippen molar-refractivity contribution in [2.24, 2.45) is 5.92 Å². The molecule has 46 heavy (non-hydrogen) atoms. The van der Waals surface area contributed by atoms with Crippen LogP contribution in [0.1, 0.15) is 36.0 Å². The summed E-state index contributed by atoms with van der Waals surface area (Å²) in [5, 5.41) is 15.3. The molecule has 6 rings (SSSR count). The Hall–Kier alpha value is -4.60. The van der Waals surface area contributed by atoms with Crippen molar-refractivity contribution >= 4 is 29.2 Å². The molecule has 0 aromatic heterocycles. The van der Waals surface area contributed by atoms with Crippen molar-refractivity contribution in [3.05, 3.63) is 150 Å². The maximum Gasteiger partial charge on any atom is 0.323 e. The number of benzene rings is 5. The van der Waals surface area contributed by atoms with Crippen LogP contribution >= 0.6 is 11.8 Å². The van der Waals surface area contributed by atoms with Crippen molar-refractivity contribution < 1.29 is 24.1 Å². The number of ether oxygens (including phenoxy) is 3. The van der Waals surface area contributed by atoms with E-state index in [9.17, 15) is 9.90 Å². The first-order valence-corrected chi connectivity index (χ1v) is 16.2. The Bertz CT molecular complexity index is 1700. The fourth-order valence-corrected chi connectivity index (χ4v) is 6.38. The highest BCUT2D eigenvalue weighted by atomic mass is 32.2. The third-order valence-corrected chi connectivity index (χ3v) is 8.89. The summed E-state index contributed by atoms with van der Waals surface area (Å²) in [5.41, 5.74) is 3.93. The van der Waals surface area contributed by atoms with E-state index in [2.05, 4.69) is 29.7 Å². The smallest absolute Gasteiger partial charge is 0.323 e. The maximum absolute atomic E-state index is 12.9. The number of hydrogen-bond donors (Lipinski definition) is 3. The van der Waals surface area contributed by atoms with Crippen molar-refractivity contribution in [3.63, 3.8) is 0 Å². The van der Waals surface area contributed by atoms with Crippen LogP contribution in [0.2, 0.25) is 0 Å². The Kier molecular flexibility index (Phi) is 10.3. The topological polar surface area (TPSA) is 89.1 Å². The Morgan fingerprint density at radius 3 is 2.13 bits per heavy atom. The van der Waals surface area contributed by atoms with Gasteiger partial charge in [0, 0.05) is 33.5 Å². The zero-order valence-corrected chi connectivity index (χ0v) is 26.2. The van der Waals surface area contributed by atoms with Crippen LogP contribution in [0.5, 0.6) is 11.5 Å². The van der Waals surface area contributed by atoms with Gasteiger partial charge in [-0.05, 0) is 71.8 Å². The number of urea groups is 1. The first-order valence-electron chi connectivity index (χ1n) is 15.2. The predicted octanol–water partition coefficient (Wildman–Crippen LogP) is 9.20. The van der Waals surface area contributed by atoms with Gasteiger partial charge in [-0.15, -0.1) is 11.8 Å². The molecule has 5 aromatic carbocycles. The number of para-hydroxylation sites is 1. The first-order chi connectivity index (χ1) is 22.5. The highest BCUT2D eigenvalue weighted by molar-refractivity contribution is 7.99. The maximum atomic E-state index is 12.9. The van der Waals surface area contributed by atoms with Crippen molar-refractivity contribution in [1.82, 2.24) is 0 Å². The number of nitrogens with one attached hydrogen (secondary N) is 2. The van der Waals surface area contributed by atoms with Crippen LogP contribution in [0, 0.1) is 5.92 Å². The summed E-state index contributed by atoms with van der Waals surface area (Å²) < 4.78 is 19.0. The number of amides is 2. The molecule has 1 saturated heterocycles. The summed E-state index contributed by atoms with van der Waals surface area (Å²) in [6.45, 7) is 2.14. The second kappa shape index (κ2) is 15.1. The Labute approximate surface area is 273 Å². The monoisotopic (exact) mass is 632 g/mol. The number of rotatable bonds is 10. The standard InChI is InChI=1S/C38H36N2O5S/c1-26-35(25-46-34-13-6-3-7-14-34)44-37(45-36(26)28-17-15-27(24-41)16-18-28)29-9-8-10-31(23-29)40-38(42)39-30-19-21-33(22-20-30)43-32-11-4-2-5-12-32/h2-23,26,35-37,41H,24-25H2,1H3,(H2,39,40,42). The number of anilines is 2. The quantitative estimate of drug-likeness (QED) is 0.133. The van der Waals surface area contributed by atoms with Gasteiger partial charge in [0.2, 0.25) is 0 Å². The number of thioether (sulfide) groups is 1. The van der Waals surface area contributed by atoms with Crippen molar-refractivity contribution in [1.29, 1.82) is 0 Å². The van der Waals surface area contributed by atoms with Crippen LogP contribution in [0.25, 0.3) is 0 Å². The largest absolute Gasteiger partial charge is 0.457 e. The highest BCUT2D eigenvalue weighted by Gasteiger charge is 2.38. The fourth-order valence-electron chi connectivity index (χ4n) is 5.29. The van der Waals surface area contributed by atoms with Crippen molar-refractivity contribution in [2.75, 3.05) is 16.4 Å². The van der Waals surface area contributed by atoms with Gasteiger partial charge in [-0.1, -0.05) is 79.7 Å². The van der Waals surface area contributed by atoms with E-state index < -0.39 is 6.29 Å². The molecule has 0 bridgehead atoms. The number of aliphatic hydroxyl groups is 1. The number of aliphatic hydroxyl groups excluding tert-OH is 1. The van der Waals surface area contributed by atoms with Crippen LogP contribution in [-0.4, -0.2) is 23.0 Å². The fraction of sp³-hybridized carbons (Fsp3) is 0.184. The van der Waals surface area contributed by atoms with Gasteiger partial charge in [0.1, 0.15) is 11.5 Å². The van der Waals surface area contributed by atoms with Crippen LogP contribution < -0.4 is 15.4 Å². The minimum absolute atomic E-state index is 0.00914. The summed E-state index contributed by atoms with van der Waals surface area (Å²) in [6, 6.07) is 42.1. The van der Waals surface area contributed by atoms with Gasteiger partial charge in [0.25, 0.3) is 0 Å². The second-order valence-corrected chi connectivity index (χ2v) is 12.2. The van der Waals surface area contributed by atoms with Gasteiger partial charge in [-0.3, -0.25) is 0 Å². The highest BCUT2D eigenvalue weighted by Crippen LogP contribution is 2.43. The third-order valence-electron chi connectivity index (χ3n) is 7.79. The molecule has 0 spiro atoms. The minimum Gasteiger partial charge on any atom is -0.457 e. The first kappa shape index (κ1) is 31.4. The van der Waals surface area contributed by atoms with Gasteiger partial charge in [-0.25, -0.2) is 4.79 Å². The Morgan fingerprint density at radius 2 is 1.41 bits per heavy atom. The summed E-state index contributed by atoms with van der Waals surface area (Å²) in [7, 11) is 0. The Morgan fingerprint density at radius 1 is 0.739 bits per heavy atom. The molecule has 4 unspecified atom stereocenters. The molecule has 1 heterocycles. The second-order valence-electron chi connectivity index (χ2n) is 11.1. The van der Waals surface area contributed by atoms with E-state index in [4.69, 9.17) is 14.2 Å². The third kappa shape index (κ3) is 8.16. The van der Waals surface area contributed by atoms with Gasteiger partial charge in [0.15, 0.2) is 6.29 Å². The summed E-state index contributed by atoms with van der Waals surface area (Å²) in [6.07, 6.45) is -0.955. The van der Waals surface area contributed by atoms with Crippen LogP contribution in [0.3, 0.4) is 0 Å². The van der Waals surface area contributed by atoms with Gasteiger partial charge in [0.05, 0.1) is 18.8 Å². The lowest BCUT2D eigenvalue weighted by Crippen LogP contribution is -2.38. The molecule has 7 nitrogen and oxygen atoms in total. The van der Waals surface area contributed by atoms with Crippen molar-refractivity contribution in [2.45, 2.75) is 36.9 Å². The SMILES string of the molecule is CC1C(CSc2ccccc2)OC(c2cccc(NC(=O)Nc3ccc(Oc4ccccc4)cc3)c2)OC1c1ccc(CO)cc1. The molecule has 0 radical (unpaired) electrons. The average Bonchev–Trinajstić information content (AvgIpc) is 3.10. The van der Waals surface area contributed by atoms with Crippen LogP contribution in [0.15, 0.2) is 138 Å². The van der Waals surface area contributed by atoms with Gasteiger partial charge in [-0.2, -0.15) is 0 Å². The molecule has 2 amide bonds. The molecule has 1 aliphatic rings. The van der Waals surface area contributed by atoms with E-state index in [-0.39, 0.29) is 30.8 Å². The normalized spacial score (nSPS) is 19.3. The molecule has 0 aliphatic carbocycles. The zero-order valence-electron chi connectivity index (χ0n) is 25.4. The van der Waals surface area contributed by atoms with Gasteiger partial charge < -0.3 is 30.0 Å². The lowest BCUT2D eigenvalue weighted by atomic mass is 9.91. The lowest BCUT2D eigenvalue weighted by molar-refractivity contribution is -0.268. The molecule has 8 heteroatoms. The van der Waals surface area contributed by atoms with Crippen LogP contribution in [-0.2, 0) is 16.1 Å². The molecule has 1 aliphatic heterocycles. The van der Waals surface area contributed by atoms with E-state index in [1.54, 1.807) is 23.9 Å². The molecule has 0 saturated carbocycles. The van der Waals surface area contributed by atoms with Crippen LogP contribution in [0.4, 0.5) is 16.2 Å². The molecule has 3 N–H and O–H groups in total. The molecular weight excluding hydrogens is 596 g/mol. The van der Waals surface area contributed by atoms with Crippen molar-refractivity contribution in [3.8, 4) is 11.5 Å². The minimum atomic E-state index is -0.637. The van der Waals surface area contributed by atoms with E-state index >= 15 is 0 Å². The number of carbonyl (C=O) groups excluding carboxylic acids is 1. The summed E-state index contributed by atoms with van der Waals surface area (Å²) >= 11 is 1.76. The lowest BCUT2D eigenvalue weighted by Gasteiger charge is -2.41. The van der Waals surface area contributed by atoms with Gasteiger partial charge >= 0.3 is 6.03 Å². The number of hydrogen-bond acceptors (Lipinski definition) is 6. The van der Waals surface area contributed by atoms with E-state index in [0.29, 0.717) is 17.1 Å². The Balaban J connectivity index is 1.14. The predicted molar refractivity (Wildman–Crippen MR) is 182 cm³/mol. The van der Waals surface area contributed by atoms with E-state index in [0.717, 1.165) is 28.2 Å². The molecule has 234 valence electrons. The number of carbonyl (C=O) groups is 1. The van der Waals surface area contributed by atoms with E-state index in [1.807, 2.05) is 109 Å². The molecule has 5 aromatic rings. The molecule has 1 fully saturated rings. The summed E-state index contributed by atoms with van der Waals surface area (Å²) in [4.78, 5) is 14.1. The molecule has 4 atom stereocenters.